The molecule has 3 nitrogen and oxygen atoms in total. The van der Waals surface area contributed by atoms with Gasteiger partial charge in [-0.2, -0.15) is 0 Å². The average molecular weight is 378 g/mol. The van der Waals surface area contributed by atoms with Crippen LogP contribution in [-0.4, -0.2) is 25.9 Å². The van der Waals surface area contributed by atoms with Crippen LogP contribution in [0.15, 0.2) is 16.6 Å². The molecule has 0 spiro atoms. The van der Waals surface area contributed by atoms with Gasteiger partial charge in [-0.3, -0.25) is 0 Å². The van der Waals surface area contributed by atoms with E-state index in [0.29, 0.717) is 13.2 Å². The van der Waals surface area contributed by atoms with Crippen molar-refractivity contribution in [2.75, 3.05) is 19.8 Å². The zero-order valence-electron chi connectivity index (χ0n) is 12.5. The molecule has 1 heterocycles. The Morgan fingerprint density at radius 2 is 1.95 bits per heavy atom. The van der Waals surface area contributed by atoms with E-state index in [1.165, 1.54) is 0 Å². The van der Waals surface area contributed by atoms with Crippen molar-refractivity contribution in [3.05, 3.63) is 22.2 Å². The van der Waals surface area contributed by atoms with Crippen LogP contribution in [0.2, 0.25) is 0 Å². The summed E-state index contributed by atoms with van der Waals surface area (Å²) in [6.45, 7) is 5.97. The van der Waals surface area contributed by atoms with Crippen LogP contribution in [0.5, 0.6) is 11.5 Å². The lowest BCUT2D eigenvalue weighted by atomic mass is 10.0. The van der Waals surface area contributed by atoms with Crippen molar-refractivity contribution in [3.63, 3.8) is 0 Å². The molecule has 0 bridgehead atoms. The average Bonchev–Trinajstić information content (AvgIpc) is 2.95. The molecule has 0 N–H and O–H groups in total. The second-order valence-corrected chi connectivity index (χ2v) is 6.41. The zero-order chi connectivity index (χ0) is 15.2. The molecule has 1 aliphatic heterocycles. The van der Waals surface area contributed by atoms with E-state index in [1.54, 1.807) is 0 Å². The number of hydrogen-bond acceptors (Lipinski definition) is 3. The molecule has 1 aromatic carbocycles. The van der Waals surface area contributed by atoms with Crippen molar-refractivity contribution in [2.45, 2.75) is 44.6 Å². The van der Waals surface area contributed by atoms with Crippen molar-refractivity contribution < 1.29 is 14.2 Å². The Morgan fingerprint density at radius 1 is 1.29 bits per heavy atom. The van der Waals surface area contributed by atoms with Crippen LogP contribution >= 0.6 is 27.5 Å². The van der Waals surface area contributed by atoms with Crippen LogP contribution in [0, 0.1) is 0 Å². The molecule has 0 aromatic heterocycles. The molecule has 2 unspecified atom stereocenters. The third-order valence-corrected chi connectivity index (χ3v) is 4.59. The molecule has 1 saturated heterocycles. The highest BCUT2D eigenvalue weighted by Gasteiger charge is 2.23. The number of halogens is 2. The SMILES string of the molecule is CCOc1cc(Br)c(C(Cl)CC2CCCO2)cc1OCC. The van der Waals surface area contributed by atoms with Crippen molar-refractivity contribution in [1.29, 1.82) is 0 Å². The topological polar surface area (TPSA) is 27.7 Å². The van der Waals surface area contributed by atoms with Crippen LogP contribution in [-0.2, 0) is 4.74 Å². The van der Waals surface area contributed by atoms with E-state index < -0.39 is 0 Å². The molecule has 1 aromatic rings. The van der Waals surface area contributed by atoms with E-state index in [2.05, 4.69) is 15.9 Å². The first-order valence-corrected chi connectivity index (χ1v) is 8.73. The normalized spacial score (nSPS) is 19.5. The fourth-order valence-electron chi connectivity index (χ4n) is 2.52. The van der Waals surface area contributed by atoms with E-state index in [4.69, 9.17) is 25.8 Å². The van der Waals surface area contributed by atoms with Crippen LogP contribution < -0.4 is 9.47 Å². The summed E-state index contributed by atoms with van der Waals surface area (Å²) < 4.78 is 17.9. The summed E-state index contributed by atoms with van der Waals surface area (Å²) in [5, 5.41) is -0.0997. The maximum Gasteiger partial charge on any atom is 0.162 e. The number of hydrogen-bond donors (Lipinski definition) is 0. The van der Waals surface area contributed by atoms with Gasteiger partial charge >= 0.3 is 0 Å². The third kappa shape index (κ3) is 4.51. The Morgan fingerprint density at radius 3 is 2.52 bits per heavy atom. The molecule has 5 heteroatoms. The second-order valence-electron chi connectivity index (χ2n) is 5.02. The van der Waals surface area contributed by atoms with Gasteiger partial charge in [0, 0.05) is 11.1 Å². The van der Waals surface area contributed by atoms with Gasteiger partial charge in [0.1, 0.15) is 0 Å². The van der Waals surface area contributed by atoms with Crippen LogP contribution in [0.25, 0.3) is 0 Å². The predicted octanol–water partition coefficient (Wildman–Crippen LogP) is 5.10. The fourth-order valence-corrected chi connectivity index (χ4v) is 3.63. The number of ether oxygens (including phenoxy) is 3. The van der Waals surface area contributed by atoms with Gasteiger partial charge in [-0.1, -0.05) is 15.9 Å². The van der Waals surface area contributed by atoms with Crippen LogP contribution in [0.4, 0.5) is 0 Å². The summed E-state index contributed by atoms with van der Waals surface area (Å²) in [7, 11) is 0. The smallest absolute Gasteiger partial charge is 0.162 e. The van der Waals surface area contributed by atoms with Gasteiger partial charge in [0.2, 0.25) is 0 Å². The fraction of sp³-hybridized carbons (Fsp3) is 0.625. The van der Waals surface area contributed by atoms with Crippen molar-refractivity contribution in [2.24, 2.45) is 0 Å². The Kier molecular flexibility index (Phi) is 6.65. The predicted molar refractivity (Wildman–Crippen MR) is 88.7 cm³/mol. The first kappa shape index (κ1) is 16.9. The van der Waals surface area contributed by atoms with Crippen molar-refractivity contribution in [1.82, 2.24) is 0 Å². The summed E-state index contributed by atoms with van der Waals surface area (Å²) in [5.74, 6) is 1.49. The lowest BCUT2D eigenvalue weighted by Gasteiger charge is -2.19. The summed E-state index contributed by atoms with van der Waals surface area (Å²) in [6.07, 6.45) is 3.31. The Balaban J connectivity index is 2.18. The van der Waals surface area contributed by atoms with Gasteiger partial charge in [0.05, 0.1) is 24.7 Å². The van der Waals surface area contributed by atoms with Gasteiger partial charge in [-0.15, -0.1) is 11.6 Å². The molecular weight excluding hydrogens is 356 g/mol. The van der Waals surface area contributed by atoms with Crippen LogP contribution in [0.1, 0.15) is 44.1 Å². The van der Waals surface area contributed by atoms with E-state index in [0.717, 1.165) is 47.4 Å². The minimum Gasteiger partial charge on any atom is -0.490 e. The van der Waals surface area contributed by atoms with E-state index in [9.17, 15) is 0 Å². The number of rotatable bonds is 7. The molecule has 0 amide bonds. The van der Waals surface area contributed by atoms with Gasteiger partial charge in [0.15, 0.2) is 11.5 Å². The van der Waals surface area contributed by atoms with E-state index in [1.807, 2.05) is 26.0 Å². The minimum atomic E-state index is -0.0997. The highest BCUT2D eigenvalue weighted by molar-refractivity contribution is 9.10. The Bertz CT molecular complexity index is 461. The maximum atomic E-state index is 6.59. The van der Waals surface area contributed by atoms with Gasteiger partial charge in [-0.25, -0.2) is 0 Å². The molecule has 2 atom stereocenters. The van der Waals surface area contributed by atoms with Crippen molar-refractivity contribution >= 4 is 27.5 Å². The molecule has 0 aliphatic carbocycles. The van der Waals surface area contributed by atoms with Gasteiger partial charge in [-0.05, 0) is 50.8 Å². The molecule has 118 valence electrons. The number of benzene rings is 1. The minimum absolute atomic E-state index is 0.0997. The Labute approximate surface area is 140 Å². The van der Waals surface area contributed by atoms with Gasteiger partial charge < -0.3 is 14.2 Å². The lowest BCUT2D eigenvalue weighted by molar-refractivity contribution is 0.103. The Hall–Kier alpha value is -0.450. The number of alkyl halides is 1. The third-order valence-electron chi connectivity index (χ3n) is 3.49. The summed E-state index contributed by atoms with van der Waals surface area (Å²) in [5.41, 5.74) is 1.03. The molecule has 2 rings (SSSR count). The highest BCUT2D eigenvalue weighted by Crippen LogP contribution is 2.40. The first-order valence-electron chi connectivity index (χ1n) is 7.50. The van der Waals surface area contributed by atoms with Crippen LogP contribution in [0.3, 0.4) is 0 Å². The lowest BCUT2D eigenvalue weighted by Crippen LogP contribution is -2.09. The zero-order valence-corrected chi connectivity index (χ0v) is 14.9. The quantitative estimate of drug-likeness (QED) is 0.619. The molecular formula is C16H22BrClO3. The molecule has 21 heavy (non-hydrogen) atoms. The molecule has 0 radical (unpaired) electrons. The summed E-state index contributed by atoms with van der Waals surface area (Å²) >= 11 is 10.2. The van der Waals surface area contributed by atoms with E-state index >= 15 is 0 Å². The van der Waals surface area contributed by atoms with Gasteiger partial charge in [0.25, 0.3) is 0 Å². The van der Waals surface area contributed by atoms with E-state index in [-0.39, 0.29) is 11.5 Å². The largest absolute Gasteiger partial charge is 0.490 e. The molecule has 1 fully saturated rings. The maximum absolute atomic E-state index is 6.59. The second kappa shape index (κ2) is 8.25. The highest BCUT2D eigenvalue weighted by atomic mass is 79.9. The summed E-state index contributed by atoms with van der Waals surface area (Å²) in [4.78, 5) is 0. The van der Waals surface area contributed by atoms with Crippen molar-refractivity contribution in [3.8, 4) is 11.5 Å². The standard InChI is InChI=1S/C16H22BrClO3/c1-3-19-15-9-12(13(17)10-16(15)20-4-2)14(18)8-11-6-5-7-21-11/h9-11,14H,3-8H2,1-2H3. The molecule has 1 aliphatic rings. The first-order chi connectivity index (χ1) is 10.2. The monoisotopic (exact) mass is 376 g/mol. The summed E-state index contributed by atoms with van der Waals surface area (Å²) in [6, 6.07) is 3.92. The molecule has 0 saturated carbocycles.